The lowest BCUT2D eigenvalue weighted by molar-refractivity contribution is 0.793. The monoisotopic (exact) mass is 355 g/mol. The van der Waals surface area contributed by atoms with E-state index < -0.39 is 0 Å². The molecule has 0 saturated heterocycles. The van der Waals surface area contributed by atoms with Crippen molar-refractivity contribution in [3.05, 3.63) is 52.3 Å². The molecule has 0 atom stereocenters. The summed E-state index contributed by atoms with van der Waals surface area (Å²) in [5.41, 5.74) is 2.97. The van der Waals surface area contributed by atoms with Crippen molar-refractivity contribution >= 4 is 23.4 Å². The van der Waals surface area contributed by atoms with Crippen LogP contribution < -0.4 is 0 Å². The Bertz CT molecular complexity index is 958. The Balaban J connectivity index is 2.03. The zero-order valence-electron chi connectivity index (χ0n) is 13.4. The second-order valence-electron chi connectivity index (χ2n) is 5.28. The Hall–Kier alpha value is -2.36. The molecule has 0 aliphatic carbocycles. The summed E-state index contributed by atoms with van der Waals surface area (Å²) in [6.07, 6.45) is 0. The van der Waals surface area contributed by atoms with Crippen molar-refractivity contribution in [1.29, 1.82) is 5.26 Å². The number of rotatable bonds is 3. The summed E-state index contributed by atoms with van der Waals surface area (Å²) in [6.45, 7) is 3.74. The van der Waals surface area contributed by atoms with Gasteiger partial charge in [0.05, 0.1) is 16.3 Å². The number of pyridine rings is 1. The van der Waals surface area contributed by atoms with Gasteiger partial charge in [0, 0.05) is 23.2 Å². The first-order valence-corrected chi connectivity index (χ1v) is 8.41. The van der Waals surface area contributed by atoms with Crippen molar-refractivity contribution in [2.45, 2.75) is 23.9 Å². The van der Waals surface area contributed by atoms with E-state index in [1.807, 2.05) is 55.8 Å². The van der Waals surface area contributed by atoms with E-state index in [1.165, 1.54) is 11.8 Å². The maximum absolute atomic E-state index is 9.39. The average molecular weight is 356 g/mol. The van der Waals surface area contributed by atoms with E-state index in [0.717, 1.165) is 16.2 Å². The zero-order chi connectivity index (χ0) is 17.3. The molecule has 1 aromatic carbocycles. The first kappa shape index (κ1) is 16.5. The molecule has 3 rings (SSSR count). The highest BCUT2D eigenvalue weighted by Gasteiger charge is 2.17. The zero-order valence-corrected chi connectivity index (χ0v) is 15.0. The largest absolute Gasteiger partial charge is 0.305 e. The molecule has 0 aliphatic rings. The van der Waals surface area contributed by atoms with Crippen LogP contribution in [0.25, 0.3) is 11.4 Å². The summed E-state index contributed by atoms with van der Waals surface area (Å²) >= 11 is 7.65. The summed E-state index contributed by atoms with van der Waals surface area (Å²) in [5, 5.41) is 19.2. The number of nitrogens with zero attached hydrogens (tertiary/aromatic N) is 5. The molecule has 0 radical (unpaired) electrons. The number of benzene rings is 1. The molecule has 5 nitrogen and oxygen atoms in total. The van der Waals surface area contributed by atoms with E-state index in [4.69, 9.17) is 11.6 Å². The molecule has 0 fully saturated rings. The predicted octanol–water partition coefficient (Wildman–Crippen LogP) is 4.17. The Kier molecular flexibility index (Phi) is 4.56. The van der Waals surface area contributed by atoms with E-state index in [1.54, 1.807) is 0 Å². The molecule has 0 bridgehead atoms. The average Bonchev–Trinajstić information content (AvgIpc) is 2.88. The van der Waals surface area contributed by atoms with Crippen LogP contribution in [0, 0.1) is 25.2 Å². The molecule has 7 heteroatoms. The van der Waals surface area contributed by atoms with Crippen molar-refractivity contribution in [2.24, 2.45) is 7.05 Å². The molecule has 2 aromatic heterocycles. The quantitative estimate of drug-likeness (QED) is 0.705. The number of aromatic nitrogens is 4. The van der Waals surface area contributed by atoms with E-state index in [2.05, 4.69) is 21.3 Å². The van der Waals surface area contributed by atoms with Gasteiger partial charge < -0.3 is 4.57 Å². The third-order valence-electron chi connectivity index (χ3n) is 3.55. The topological polar surface area (TPSA) is 67.4 Å². The van der Waals surface area contributed by atoms with Crippen LogP contribution in [0.4, 0.5) is 0 Å². The van der Waals surface area contributed by atoms with Crippen LogP contribution in [-0.4, -0.2) is 19.7 Å². The van der Waals surface area contributed by atoms with Crippen LogP contribution in [0.15, 0.2) is 40.4 Å². The molecule has 0 aliphatic heterocycles. The lowest BCUT2D eigenvalue weighted by atomic mass is 10.2. The van der Waals surface area contributed by atoms with Crippen molar-refractivity contribution < 1.29 is 0 Å². The lowest BCUT2D eigenvalue weighted by Crippen LogP contribution is -1.97. The van der Waals surface area contributed by atoms with Gasteiger partial charge in [-0.1, -0.05) is 23.7 Å². The number of hydrogen-bond acceptors (Lipinski definition) is 5. The molecule has 0 amide bonds. The Morgan fingerprint density at radius 3 is 2.67 bits per heavy atom. The Morgan fingerprint density at radius 2 is 1.96 bits per heavy atom. The van der Waals surface area contributed by atoms with Crippen molar-refractivity contribution in [3.8, 4) is 17.5 Å². The van der Waals surface area contributed by atoms with Crippen LogP contribution in [0.1, 0.15) is 17.0 Å². The SMILES string of the molecule is Cc1cc(Sc2nnc(-c3ccccc3Cl)n2C)c(C#N)c(C)n1. The molecule has 2 heterocycles. The van der Waals surface area contributed by atoms with Crippen molar-refractivity contribution in [3.63, 3.8) is 0 Å². The van der Waals surface area contributed by atoms with Gasteiger partial charge in [-0.15, -0.1) is 10.2 Å². The van der Waals surface area contributed by atoms with Gasteiger partial charge in [-0.05, 0) is 43.8 Å². The van der Waals surface area contributed by atoms with Crippen LogP contribution in [0.3, 0.4) is 0 Å². The predicted molar refractivity (Wildman–Crippen MR) is 94.0 cm³/mol. The molecule has 3 aromatic rings. The van der Waals surface area contributed by atoms with Crippen molar-refractivity contribution in [1.82, 2.24) is 19.7 Å². The smallest absolute Gasteiger partial charge is 0.196 e. The minimum atomic E-state index is 0.563. The van der Waals surface area contributed by atoms with Crippen LogP contribution in [-0.2, 0) is 7.05 Å². The summed E-state index contributed by atoms with van der Waals surface area (Å²) in [6, 6.07) is 11.6. The molecule has 0 unspecified atom stereocenters. The molecule has 24 heavy (non-hydrogen) atoms. The number of aryl methyl sites for hydroxylation is 2. The first-order valence-electron chi connectivity index (χ1n) is 7.21. The maximum atomic E-state index is 9.39. The minimum Gasteiger partial charge on any atom is -0.305 e. The third-order valence-corrected chi connectivity index (χ3v) is 4.96. The Morgan fingerprint density at radius 1 is 1.21 bits per heavy atom. The van der Waals surface area contributed by atoms with E-state index in [-0.39, 0.29) is 0 Å². The summed E-state index contributed by atoms with van der Waals surface area (Å²) in [7, 11) is 1.88. The highest BCUT2D eigenvalue weighted by atomic mass is 35.5. The van der Waals surface area contributed by atoms with Gasteiger partial charge in [-0.25, -0.2) is 0 Å². The third kappa shape index (κ3) is 3.01. The fraction of sp³-hybridized carbons (Fsp3) is 0.176. The van der Waals surface area contributed by atoms with Gasteiger partial charge in [0.2, 0.25) is 0 Å². The maximum Gasteiger partial charge on any atom is 0.196 e. The molecular formula is C17H14ClN5S. The summed E-state index contributed by atoms with van der Waals surface area (Å²) in [5.74, 6) is 0.684. The highest BCUT2D eigenvalue weighted by Crippen LogP contribution is 2.33. The van der Waals surface area contributed by atoms with Crippen LogP contribution in [0.2, 0.25) is 5.02 Å². The molecule has 0 saturated carbocycles. The summed E-state index contributed by atoms with van der Waals surface area (Å²) in [4.78, 5) is 5.16. The molecular weight excluding hydrogens is 342 g/mol. The first-order chi connectivity index (χ1) is 11.5. The highest BCUT2D eigenvalue weighted by molar-refractivity contribution is 7.99. The fourth-order valence-electron chi connectivity index (χ4n) is 2.39. The van der Waals surface area contributed by atoms with Crippen LogP contribution in [0.5, 0.6) is 0 Å². The van der Waals surface area contributed by atoms with Gasteiger partial charge >= 0.3 is 0 Å². The number of halogens is 1. The molecule has 0 spiro atoms. The lowest BCUT2D eigenvalue weighted by Gasteiger charge is -2.08. The normalized spacial score (nSPS) is 10.6. The van der Waals surface area contributed by atoms with E-state index >= 15 is 0 Å². The second-order valence-corrected chi connectivity index (χ2v) is 6.70. The van der Waals surface area contributed by atoms with Gasteiger partial charge in [0.25, 0.3) is 0 Å². The van der Waals surface area contributed by atoms with Gasteiger partial charge in [0.15, 0.2) is 11.0 Å². The van der Waals surface area contributed by atoms with E-state index in [9.17, 15) is 5.26 Å². The molecule has 120 valence electrons. The van der Waals surface area contributed by atoms with Crippen LogP contribution >= 0.6 is 23.4 Å². The fourth-order valence-corrected chi connectivity index (χ4v) is 3.64. The second kappa shape index (κ2) is 6.63. The molecule has 0 N–H and O–H groups in total. The minimum absolute atomic E-state index is 0.563. The van der Waals surface area contributed by atoms with Gasteiger partial charge in [0.1, 0.15) is 6.07 Å². The number of nitriles is 1. The summed E-state index contributed by atoms with van der Waals surface area (Å²) < 4.78 is 1.87. The van der Waals surface area contributed by atoms with E-state index in [0.29, 0.717) is 27.3 Å². The Labute approximate surface area is 149 Å². The number of hydrogen-bond donors (Lipinski definition) is 0. The van der Waals surface area contributed by atoms with Gasteiger partial charge in [-0.3, -0.25) is 4.98 Å². The van der Waals surface area contributed by atoms with Gasteiger partial charge in [-0.2, -0.15) is 5.26 Å². The van der Waals surface area contributed by atoms with Crippen molar-refractivity contribution in [2.75, 3.05) is 0 Å². The standard InChI is InChI=1S/C17H14ClN5S/c1-10-8-15(13(9-19)11(2)20-10)24-17-22-21-16(23(17)3)12-6-4-5-7-14(12)18/h4-8H,1-3H3.